The highest BCUT2D eigenvalue weighted by Crippen LogP contribution is 2.22. The van der Waals surface area contributed by atoms with Crippen LogP contribution < -0.4 is 5.73 Å². The van der Waals surface area contributed by atoms with Crippen LogP contribution in [0.1, 0.15) is 5.56 Å². The van der Waals surface area contributed by atoms with E-state index in [4.69, 9.17) is 5.73 Å². The largest absolute Gasteiger partial charge is 0.398 e. The molecular weight excluding hydrogens is 198 g/mol. The fourth-order valence-corrected chi connectivity index (χ4v) is 1.84. The molecule has 0 unspecified atom stereocenters. The number of fused-ring (bicyclic) bond motifs is 2. The van der Waals surface area contributed by atoms with Gasteiger partial charge in [-0.15, -0.1) is 0 Å². The maximum absolute atomic E-state index is 5.86. The smallest absolute Gasteiger partial charge is 0.0944 e. The van der Waals surface area contributed by atoms with Crippen molar-refractivity contribution in [2.75, 3.05) is 5.73 Å². The van der Waals surface area contributed by atoms with Crippen LogP contribution in [-0.2, 0) is 0 Å². The van der Waals surface area contributed by atoms with Gasteiger partial charge in [0, 0.05) is 5.69 Å². The van der Waals surface area contributed by atoms with Gasteiger partial charge in [-0.25, -0.2) is 9.97 Å². The quantitative estimate of drug-likeness (QED) is 0.457. The van der Waals surface area contributed by atoms with E-state index in [9.17, 15) is 0 Å². The minimum Gasteiger partial charge on any atom is -0.398 e. The molecule has 1 heterocycles. The number of anilines is 1. The zero-order valence-electron chi connectivity index (χ0n) is 8.94. The standard InChI is InChI=1S/C13H11N3/c1-8-9(14)6-7-12-13(8)16-11-5-3-2-4-10(11)15-12/h2-7H,14H2,1H3. The third-order valence-corrected chi connectivity index (χ3v) is 2.81. The van der Waals surface area contributed by atoms with Gasteiger partial charge >= 0.3 is 0 Å². The lowest BCUT2D eigenvalue weighted by Crippen LogP contribution is -1.94. The van der Waals surface area contributed by atoms with Crippen molar-refractivity contribution >= 4 is 27.8 Å². The Morgan fingerprint density at radius 3 is 2.31 bits per heavy atom. The zero-order chi connectivity index (χ0) is 11.1. The van der Waals surface area contributed by atoms with Crippen molar-refractivity contribution < 1.29 is 0 Å². The SMILES string of the molecule is Cc1c(N)ccc2nc3ccccc3nc12. The molecule has 0 radical (unpaired) electrons. The average Bonchev–Trinajstić information content (AvgIpc) is 2.32. The Morgan fingerprint density at radius 2 is 1.56 bits per heavy atom. The highest BCUT2D eigenvalue weighted by molar-refractivity contribution is 5.90. The van der Waals surface area contributed by atoms with Gasteiger partial charge in [-0.3, -0.25) is 0 Å². The Bertz CT molecular complexity index is 689. The van der Waals surface area contributed by atoms with Crippen LogP contribution in [0.2, 0.25) is 0 Å². The van der Waals surface area contributed by atoms with E-state index in [0.717, 1.165) is 33.3 Å². The predicted octanol–water partition coefficient (Wildman–Crippen LogP) is 2.67. The average molecular weight is 209 g/mol. The predicted molar refractivity (Wildman–Crippen MR) is 66.2 cm³/mol. The van der Waals surface area contributed by atoms with E-state index in [1.54, 1.807) is 0 Å². The molecule has 0 spiro atoms. The minimum absolute atomic E-state index is 0.761. The Labute approximate surface area is 92.9 Å². The van der Waals surface area contributed by atoms with Crippen LogP contribution in [0.4, 0.5) is 5.69 Å². The van der Waals surface area contributed by atoms with Gasteiger partial charge in [-0.05, 0) is 36.8 Å². The van der Waals surface area contributed by atoms with Gasteiger partial charge in [0.05, 0.1) is 22.1 Å². The summed E-state index contributed by atoms with van der Waals surface area (Å²) in [5, 5.41) is 0. The minimum atomic E-state index is 0.761. The summed E-state index contributed by atoms with van der Waals surface area (Å²) in [6, 6.07) is 11.6. The van der Waals surface area contributed by atoms with Crippen LogP contribution in [-0.4, -0.2) is 9.97 Å². The van der Waals surface area contributed by atoms with E-state index >= 15 is 0 Å². The Hall–Kier alpha value is -2.16. The molecule has 3 heteroatoms. The Balaban J connectivity index is 2.51. The van der Waals surface area contributed by atoms with Gasteiger partial charge in [0.25, 0.3) is 0 Å². The van der Waals surface area contributed by atoms with E-state index < -0.39 is 0 Å². The molecule has 0 fully saturated rings. The summed E-state index contributed by atoms with van der Waals surface area (Å²) in [6.07, 6.45) is 0. The van der Waals surface area contributed by atoms with Crippen molar-refractivity contribution in [3.8, 4) is 0 Å². The monoisotopic (exact) mass is 209 g/mol. The van der Waals surface area contributed by atoms with Gasteiger partial charge < -0.3 is 5.73 Å². The Kier molecular flexibility index (Phi) is 1.80. The maximum atomic E-state index is 5.86. The number of rotatable bonds is 0. The summed E-state index contributed by atoms with van der Waals surface area (Å²) in [7, 11) is 0. The fourth-order valence-electron chi connectivity index (χ4n) is 1.84. The van der Waals surface area contributed by atoms with E-state index in [1.165, 1.54) is 0 Å². The van der Waals surface area contributed by atoms with Gasteiger partial charge in [0.15, 0.2) is 0 Å². The van der Waals surface area contributed by atoms with Crippen LogP contribution in [0.5, 0.6) is 0 Å². The third kappa shape index (κ3) is 1.21. The van der Waals surface area contributed by atoms with Crippen LogP contribution in [0.3, 0.4) is 0 Å². The number of nitrogens with two attached hydrogens (primary N) is 1. The summed E-state index contributed by atoms with van der Waals surface area (Å²) >= 11 is 0. The molecule has 0 saturated carbocycles. The second-order valence-electron chi connectivity index (χ2n) is 3.86. The molecule has 3 aromatic rings. The molecular formula is C13H11N3. The van der Waals surface area contributed by atoms with Crippen molar-refractivity contribution in [3.63, 3.8) is 0 Å². The molecule has 0 atom stereocenters. The van der Waals surface area contributed by atoms with Gasteiger partial charge in [0.1, 0.15) is 0 Å². The fraction of sp³-hybridized carbons (Fsp3) is 0.0769. The van der Waals surface area contributed by atoms with Gasteiger partial charge in [-0.1, -0.05) is 12.1 Å². The summed E-state index contributed by atoms with van der Waals surface area (Å²) in [5.74, 6) is 0. The first-order chi connectivity index (χ1) is 7.75. The van der Waals surface area contributed by atoms with E-state index in [2.05, 4.69) is 9.97 Å². The summed E-state index contributed by atoms with van der Waals surface area (Å²) in [4.78, 5) is 9.16. The first-order valence-corrected chi connectivity index (χ1v) is 5.17. The molecule has 0 saturated heterocycles. The maximum Gasteiger partial charge on any atom is 0.0944 e. The van der Waals surface area contributed by atoms with E-state index in [0.29, 0.717) is 0 Å². The lowest BCUT2D eigenvalue weighted by atomic mass is 10.1. The lowest BCUT2D eigenvalue weighted by Gasteiger charge is -2.05. The first-order valence-electron chi connectivity index (χ1n) is 5.17. The van der Waals surface area contributed by atoms with Gasteiger partial charge in [-0.2, -0.15) is 0 Å². The lowest BCUT2D eigenvalue weighted by molar-refractivity contribution is 1.36. The highest BCUT2D eigenvalue weighted by Gasteiger charge is 2.05. The third-order valence-electron chi connectivity index (χ3n) is 2.81. The molecule has 78 valence electrons. The van der Waals surface area contributed by atoms with Crippen molar-refractivity contribution in [2.45, 2.75) is 6.92 Å². The van der Waals surface area contributed by atoms with Crippen LogP contribution in [0.15, 0.2) is 36.4 Å². The number of benzene rings is 2. The number of para-hydroxylation sites is 2. The second-order valence-corrected chi connectivity index (χ2v) is 3.86. The van der Waals surface area contributed by atoms with Crippen molar-refractivity contribution in [1.82, 2.24) is 9.97 Å². The molecule has 0 aliphatic rings. The molecule has 0 aliphatic carbocycles. The molecule has 3 rings (SSSR count). The highest BCUT2D eigenvalue weighted by atomic mass is 14.8. The number of nitrogens with zero attached hydrogens (tertiary/aromatic N) is 2. The number of aromatic nitrogens is 2. The van der Waals surface area contributed by atoms with Crippen LogP contribution >= 0.6 is 0 Å². The molecule has 0 aliphatic heterocycles. The molecule has 1 aromatic heterocycles. The number of hydrogen-bond acceptors (Lipinski definition) is 3. The first kappa shape index (κ1) is 9.09. The normalized spacial score (nSPS) is 11.1. The zero-order valence-corrected chi connectivity index (χ0v) is 8.94. The van der Waals surface area contributed by atoms with Crippen molar-refractivity contribution in [2.24, 2.45) is 0 Å². The Morgan fingerprint density at radius 1 is 0.875 bits per heavy atom. The number of nitrogen functional groups attached to an aromatic ring is 1. The van der Waals surface area contributed by atoms with Crippen molar-refractivity contribution in [3.05, 3.63) is 42.0 Å². The second kappa shape index (κ2) is 3.17. The summed E-state index contributed by atoms with van der Waals surface area (Å²) in [6.45, 7) is 1.97. The summed E-state index contributed by atoms with van der Waals surface area (Å²) < 4.78 is 0. The molecule has 2 N–H and O–H groups in total. The van der Waals surface area contributed by atoms with Crippen LogP contribution in [0.25, 0.3) is 22.1 Å². The van der Waals surface area contributed by atoms with E-state index in [1.807, 2.05) is 43.3 Å². The molecule has 3 nitrogen and oxygen atoms in total. The topological polar surface area (TPSA) is 51.8 Å². The molecule has 16 heavy (non-hydrogen) atoms. The molecule has 2 aromatic carbocycles. The summed E-state index contributed by atoms with van der Waals surface area (Å²) in [5.41, 5.74) is 11.2. The molecule has 0 bridgehead atoms. The molecule has 0 amide bonds. The van der Waals surface area contributed by atoms with Crippen LogP contribution in [0, 0.1) is 6.92 Å². The number of hydrogen-bond donors (Lipinski definition) is 1. The van der Waals surface area contributed by atoms with E-state index in [-0.39, 0.29) is 0 Å². The van der Waals surface area contributed by atoms with Crippen molar-refractivity contribution in [1.29, 1.82) is 0 Å². The number of aryl methyl sites for hydroxylation is 1. The van der Waals surface area contributed by atoms with Gasteiger partial charge in [0.2, 0.25) is 0 Å².